The summed E-state index contributed by atoms with van der Waals surface area (Å²) >= 11 is 0. The highest BCUT2D eigenvalue weighted by Crippen LogP contribution is 2.25. The molecule has 0 aromatic heterocycles. The van der Waals surface area contributed by atoms with E-state index in [1.54, 1.807) is 0 Å². The van der Waals surface area contributed by atoms with Crippen LogP contribution in [0.3, 0.4) is 0 Å². The fourth-order valence-corrected chi connectivity index (χ4v) is 2.15. The number of hydrogen-bond donors (Lipinski definition) is 1. The van der Waals surface area contributed by atoms with Crippen LogP contribution in [0.2, 0.25) is 0 Å². The lowest BCUT2D eigenvalue weighted by Crippen LogP contribution is -2.40. The number of rotatable bonds is 6. The molecule has 4 heteroatoms. The Kier molecular flexibility index (Phi) is 5.43. The monoisotopic (exact) mass is 238 g/mol. The molecule has 1 fully saturated rings. The van der Waals surface area contributed by atoms with Crippen molar-refractivity contribution in [3.63, 3.8) is 0 Å². The molecule has 1 aliphatic rings. The van der Waals surface area contributed by atoms with Crippen molar-refractivity contribution in [1.29, 1.82) is 5.26 Å². The summed E-state index contributed by atoms with van der Waals surface area (Å²) in [6.45, 7) is 6.07. The summed E-state index contributed by atoms with van der Waals surface area (Å²) in [4.78, 5) is 12.0. The molecule has 4 nitrogen and oxygen atoms in total. The summed E-state index contributed by atoms with van der Waals surface area (Å²) < 4.78 is 5.28. The van der Waals surface area contributed by atoms with Gasteiger partial charge in [-0.15, -0.1) is 0 Å². The number of amides is 1. The maximum atomic E-state index is 12.0. The number of nitrogens with zero attached hydrogens (tertiary/aromatic N) is 1. The third kappa shape index (κ3) is 3.44. The van der Waals surface area contributed by atoms with Crippen LogP contribution >= 0.6 is 0 Å². The predicted molar refractivity (Wildman–Crippen MR) is 65.2 cm³/mol. The fourth-order valence-electron chi connectivity index (χ4n) is 2.15. The van der Waals surface area contributed by atoms with Gasteiger partial charge in [-0.05, 0) is 31.6 Å². The molecule has 1 heterocycles. The minimum atomic E-state index is -0.841. The van der Waals surface area contributed by atoms with Crippen molar-refractivity contribution in [3.8, 4) is 6.07 Å². The van der Waals surface area contributed by atoms with E-state index in [4.69, 9.17) is 10.00 Å². The van der Waals surface area contributed by atoms with Crippen molar-refractivity contribution in [2.45, 2.75) is 39.5 Å². The maximum Gasteiger partial charge on any atom is 0.240 e. The average molecular weight is 238 g/mol. The molecule has 96 valence electrons. The van der Waals surface area contributed by atoms with Crippen molar-refractivity contribution in [3.05, 3.63) is 0 Å². The van der Waals surface area contributed by atoms with Crippen LogP contribution in [0.15, 0.2) is 0 Å². The van der Waals surface area contributed by atoms with Crippen LogP contribution in [0.1, 0.15) is 39.5 Å². The van der Waals surface area contributed by atoms with Crippen molar-refractivity contribution in [2.24, 2.45) is 11.3 Å². The Balaban J connectivity index is 2.35. The van der Waals surface area contributed by atoms with Gasteiger partial charge in [0.15, 0.2) is 0 Å². The first-order valence-corrected chi connectivity index (χ1v) is 6.45. The summed E-state index contributed by atoms with van der Waals surface area (Å²) in [5, 5.41) is 12.0. The van der Waals surface area contributed by atoms with Gasteiger partial charge in [-0.2, -0.15) is 5.26 Å². The number of nitrogens with one attached hydrogen (secondary N) is 1. The SMILES string of the molecule is CCC(C#N)(CC)C(=O)NCCC1CCOC1. The van der Waals surface area contributed by atoms with Crippen LogP contribution < -0.4 is 5.32 Å². The number of carbonyl (C=O) groups is 1. The standard InChI is InChI=1S/C13H22N2O2/c1-3-13(4-2,10-14)12(16)15-7-5-11-6-8-17-9-11/h11H,3-9H2,1-2H3,(H,15,16). The molecular formula is C13H22N2O2. The van der Waals surface area contributed by atoms with E-state index in [1.165, 1.54) is 0 Å². The lowest BCUT2D eigenvalue weighted by atomic mass is 9.83. The van der Waals surface area contributed by atoms with Crippen molar-refractivity contribution in [2.75, 3.05) is 19.8 Å². The number of hydrogen-bond acceptors (Lipinski definition) is 3. The average Bonchev–Trinajstić information content (AvgIpc) is 2.85. The Morgan fingerprint density at radius 3 is 2.71 bits per heavy atom. The molecule has 1 atom stereocenters. The summed E-state index contributed by atoms with van der Waals surface area (Å²) in [7, 11) is 0. The van der Waals surface area contributed by atoms with Gasteiger partial charge in [-0.1, -0.05) is 13.8 Å². The van der Waals surface area contributed by atoms with Crippen molar-refractivity contribution in [1.82, 2.24) is 5.32 Å². The van der Waals surface area contributed by atoms with E-state index in [9.17, 15) is 4.79 Å². The molecule has 1 unspecified atom stereocenters. The molecule has 1 saturated heterocycles. The highest BCUT2D eigenvalue weighted by molar-refractivity contribution is 5.85. The first-order chi connectivity index (χ1) is 8.18. The maximum absolute atomic E-state index is 12.0. The smallest absolute Gasteiger partial charge is 0.240 e. The van der Waals surface area contributed by atoms with Gasteiger partial charge in [-0.3, -0.25) is 4.79 Å². The van der Waals surface area contributed by atoms with Gasteiger partial charge in [0.1, 0.15) is 5.41 Å². The molecule has 1 aliphatic heterocycles. The topological polar surface area (TPSA) is 62.1 Å². The summed E-state index contributed by atoms with van der Waals surface area (Å²) in [5.41, 5.74) is -0.841. The van der Waals surface area contributed by atoms with E-state index in [2.05, 4.69) is 11.4 Å². The van der Waals surface area contributed by atoms with Crippen LogP contribution in [0.5, 0.6) is 0 Å². The van der Waals surface area contributed by atoms with Crippen LogP contribution in [-0.4, -0.2) is 25.7 Å². The van der Waals surface area contributed by atoms with E-state index in [-0.39, 0.29) is 5.91 Å². The largest absolute Gasteiger partial charge is 0.381 e. The van der Waals surface area contributed by atoms with Gasteiger partial charge in [-0.25, -0.2) is 0 Å². The zero-order valence-corrected chi connectivity index (χ0v) is 10.8. The third-order valence-electron chi connectivity index (χ3n) is 3.72. The molecule has 1 N–H and O–H groups in total. The van der Waals surface area contributed by atoms with Gasteiger partial charge in [0, 0.05) is 19.8 Å². The van der Waals surface area contributed by atoms with E-state index in [0.717, 1.165) is 26.1 Å². The molecule has 1 amide bonds. The van der Waals surface area contributed by atoms with Crippen LogP contribution in [0.25, 0.3) is 0 Å². The van der Waals surface area contributed by atoms with Crippen molar-refractivity contribution >= 4 is 5.91 Å². The predicted octanol–water partition coefficient (Wildman–Crippen LogP) is 1.86. The lowest BCUT2D eigenvalue weighted by Gasteiger charge is -2.22. The van der Waals surface area contributed by atoms with E-state index < -0.39 is 5.41 Å². The number of ether oxygens (including phenoxy) is 1. The molecule has 0 spiro atoms. The summed E-state index contributed by atoms with van der Waals surface area (Å²) in [5.74, 6) is 0.443. The van der Waals surface area contributed by atoms with E-state index in [1.807, 2.05) is 13.8 Å². The highest BCUT2D eigenvalue weighted by atomic mass is 16.5. The van der Waals surface area contributed by atoms with Gasteiger partial charge in [0.2, 0.25) is 5.91 Å². The molecule has 0 bridgehead atoms. The zero-order chi connectivity index (χ0) is 12.7. The molecule has 0 radical (unpaired) electrons. The second-order valence-electron chi connectivity index (χ2n) is 4.68. The summed E-state index contributed by atoms with van der Waals surface area (Å²) in [6.07, 6.45) is 3.16. The first kappa shape index (κ1) is 14.0. The van der Waals surface area contributed by atoms with Gasteiger partial charge in [0.25, 0.3) is 0 Å². The van der Waals surface area contributed by atoms with Crippen LogP contribution in [0, 0.1) is 22.7 Å². The van der Waals surface area contributed by atoms with Crippen molar-refractivity contribution < 1.29 is 9.53 Å². The Morgan fingerprint density at radius 2 is 2.24 bits per heavy atom. The minimum Gasteiger partial charge on any atom is -0.381 e. The molecular weight excluding hydrogens is 216 g/mol. The number of nitriles is 1. The lowest BCUT2D eigenvalue weighted by molar-refractivity contribution is -0.128. The Labute approximate surface area is 103 Å². The quantitative estimate of drug-likeness (QED) is 0.768. The molecule has 0 aromatic carbocycles. The molecule has 17 heavy (non-hydrogen) atoms. The molecule has 0 aromatic rings. The Morgan fingerprint density at radius 1 is 1.53 bits per heavy atom. The number of carbonyl (C=O) groups excluding carboxylic acids is 1. The highest BCUT2D eigenvalue weighted by Gasteiger charge is 2.34. The fraction of sp³-hybridized carbons (Fsp3) is 0.846. The zero-order valence-electron chi connectivity index (χ0n) is 10.8. The molecule has 1 rings (SSSR count). The van der Waals surface area contributed by atoms with Crippen LogP contribution in [-0.2, 0) is 9.53 Å². The normalized spacial score (nSPS) is 19.9. The van der Waals surface area contributed by atoms with E-state index in [0.29, 0.717) is 25.3 Å². The van der Waals surface area contributed by atoms with Gasteiger partial charge < -0.3 is 10.1 Å². The minimum absolute atomic E-state index is 0.121. The first-order valence-electron chi connectivity index (χ1n) is 6.45. The molecule has 0 saturated carbocycles. The Bertz CT molecular complexity index is 286. The third-order valence-corrected chi connectivity index (χ3v) is 3.72. The summed E-state index contributed by atoms with van der Waals surface area (Å²) in [6, 6.07) is 2.16. The Hall–Kier alpha value is -1.08. The second-order valence-corrected chi connectivity index (χ2v) is 4.68. The molecule has 0 aliphatic carbocycles. The van der Waals surface area contributed by atoms with E-state index >= 15 is 0 Å². The van der Waals surface area contributed by atoms with Gasteiger partial charge in [0.05, 0.1) is 6.07 Å². The van der Waals surface area contributed by atoms with Crippen LogP contribution in [0.4, 0.5) is 0 Å². The second kappa shape index (κ2) is 6.61. The van der Waals surface area contributed by atoms with Gasteiger partial charge >= 0.3 is 0 Å².